The Labute approximate surface area is 339 Å². The molecule has 7 heteroatoms. The molecule has 0 spiro atoms. The standard InChI is InChI=1S/C50H62O7/c1-6-39(52)24-34-18-19-35(23-34)37-25-43-32(3)47(55-5)21-20-42(43)48(26-37)57-41-27-44-45(28-41)49(54)36(22-31(2)56-40-16-12-13-17-40)14-10-8-7-9-11-15-38-29-50(38,33(4)51)30-46(44)53/h11,15,19-21,23,25-26,36,38,40-41,44-45H,2,6-10,12-14,16-18,22,24,27-30H2,1,3-5H3/b15-11-. The lowest BCUT2D eigenvalue weighted by molar-refractivity contribution is -0.136. The zero-order valence-electron chi connectivity index (χ0n) is 34.7. The third kappa shape index (κ3) is 9.08. The van der Waals surface area contributed by atoms with Gasteiger partial charge in [0.15, 0.2) is 0 Å². The molecule has 304 valence electrons. The Kier molecular flexibility index (Phi) is 12.7. The number of benzene rings is 2. The monoisotopic (exact) mass is 774 g/mol. The van der Waals surface area contributed by atoms with Gasteiger partial charge in [0, 0.05) is 54.2 Å². The molecule has 2 aromatic rings. The molecule has 0 heterocycles. The molecular formula is C50H62O7. The van der Waals surface area contributed by atoms with Crippen LogP contribution in [0, 0.1) is 36.0 Å². The number of rotatable bonds is 12. The predicted molar refractivity (Wildman–Crippen MR) is 225 cm³/mol. The Morgan fingerprint density at radius 3 is 2.46 bits per heavy atom. The summed E-state index contributed by atoms with van der Waals surface area (Å²) < 4.78 is 19.0. The molecular weight excluding hydrogens is 713 g/mol. The van der Waals surface area contributed by atoms with Gasteiger partial charge < -0.3 is 14.2 Å². The zero-order chi connectivity index (χ0) is 40.3. The maximum atomic E-state index is 14.9. The number of ketones is 4. The topological polar surface area (TPSA) is 96.0 Å². The molecule has 6 unspecified atom stereocenters. The van der Waals surface area contributed by atoms with E-state index in [-0.39, 0.29) is 53.6 Å². The van der Waals surface area contributed by atoms with Gasteiger partial charge in [-0.05, 0) is 137 Å². The van der Waals surface area contributed by atoms with E-state index in [9.17, 15) is 19.2 Å². The molecule has 3 fully saturated rings. The first-order chi connectivity index (χ1) is 27.5. The summed E-state index contributed by atoms with van der Waals surface area (Å²) in [6, 6.07) is 8.23. The number of aryl methyl sites for hydroxylation is 1. The van der Waals surface area contributed by atoms with Gasteiger partial charge in [0.05, 0.1) is 19.0 Å². The summed E-state index contributed by atoms with van der Waals surface area (Å²) in [6.07, 6.45) is 21.4. The molecule has 5 aliphatic rings. The lowest BCUT2D eigenvalue weighted by Gasteiger charge is -2.26. The Morgan fingerprint density at radius 2 is 1.70 bits per heavy atom. The fourth-order valence-corrected chi connectivity index (χ4v) is 10.3. The smallest absolute Gasteiger partial charge is 0.140 e. The molecule has 0 aromatic heterocycles. The van der Waals surface area contributed by atoms with Gasteiger partial charge in [0.2, 0.25) is 0 Å². The van der Waals surface area contributed by atoms with Gasteiger partial charge in [-0.15, -0.1) is 0 Å². The summed E-state index contributed by atoms with van der Waals surface area (Å²) in [5, 5.41) is 1.94. The van der Waals surface area contributed by atoms with E-state index in [0.29, 0.717) is 50.0 Å². The first-order valence-corrected chi connectivity index (χ1v) is 21.8. The van der Waals surface area contributed by atoms with Gasteiger partial charge in [0.25, 0.3) is 0 Å². The van der Waals surface area contributed by atoms with Crippen molar-refractivity contribution in [2.45, 2.75) is 142 Å². The minimum absolute atomic E-state index is 0.00907. The van der Waals surface area contributed by atoms with Crippen molar-refractivity contribution >= 4 is 39.5 Å². The van der Waals surface area contributed by atoms with E-state index in [1.54, 1.807) is 14.0 Å². The van der Waals surface area contributed by atoms with E-state index in [1.165, 1.54) is 0 Å². The van der Waals surface area contributed by atoms with Crippen LogP contribution in [0.25, 0.3) is 16.3 Å². The fourth-order valence-electron chi connectivity index (χ4n) is 10.3. The van der Waals surface area contributed by atoms with Crippen LogP contribution in [0.5, 0.6) is 11.5 Å². The molecule has 0 aliphatic heterocycles. The maximum Gasteiger partial charge on any atom is 0.140 e. The number of methoxy groups -OCH3 is 1. The molecule has 0 saturated heterocycles. The van der Waals surface area contributed by atoms with Crippen LogP contribution < -0.4 is 9.47 Å². The van der Waals surface area contributed by atoms with E-state index < -0.39 is 17.3 Å². The van der Waals surface area contributed by atoms with Crippen LogP contribution >= 0.6 is 0 Å². The van der Waals surface area contributed by atoms with Crippen LogP contribution in [0.3, 0.4) is 0 Å². The van der Waals surface area contributed by atoms with Gasteiger partial charge in [-0.2, -0.15) is 0 Å². The average Bonchev–Trinajstić information content (AvgIpc) is 3.62. The average molecular weight is 775 g/mol. The van der Waals surface area contributed by atoms with Crippen LogP contribution in [-0.2, 0) is 23.9 Å². The highest BCUT2D eigenvalue weighted by Crippen LogP contribution is 2.58. The second-order valence-corrected chi connectivity index (χ2v) is 17.7. The Hall–Kier alpha value is -4.26. The number of fused-ring (bicyclic) bond motifs is 3. The van der Waals surface area contributed by atoms with E-state index in [1.807, 2.05) is 26.0 Å². The minimum Gasteiger partial charge on any atom is -0.496 e. The molecule has 2 aromatic carbocycles. The first-order valence-electron chi connectivity index (χ1n) is 21.8. The highest BCUT2D eigenvalue weighted by atomic mass is 16.5. The molecule has 0 N–H and O–H groups in total. The fraction of sp³-hybridized carbons (Fsp3) is 0.560. The summed E-state index contributed by atoms with van der Waals surface area (Å²) in [5.41, 5.74) is 3.47. The molecule has 0 amide bonds. The number of allylic oxidation sites excluding steroid dienone is 7. The second kappa shape index (κ2) is 17.7. The van der Waals surface area contributed by atoms with Crippen molar-refractivity contribution in [1.29, 1.82) is 0 Å². The van der Waals surface area contributed by atoms with Gasteiger partial charge in [-0.3, -0.25) is 19.2 Å². The Bertz CT molecular complexity index is 1990. The molecule has 7 rings (SSSR count). The number of hydrogen-bond acceptors (Lipinski definition) is 7. The highest BCUT2D eigenvalue weighted by molar-refractivity contribution is 5.98. The van der Waals surface area contributed by atoms with Crippen LogP contribution in [0.1, 0.15) is 134 Å². The van der Waals surface area contributed by atoms with Crippen molar-refractivity contribution < 1.29 is 33.4 Å². The normalized spacial score (nSPS) is 28.7. The van der Waals surface area contributed by atoms with Gasteiger partial charge in [-0.25, -0.2) is 0 Å². The Morgan fingerprint density at radius 1 is 0.930 bits per heavy atom. The zero-order valence-corrected chi connectivity index (χ0v) is 34.7. The molecule has 3 saturated carbocycles. The summed E-state index contributed by atoms with van der Waals surface area (Å²) in [7, 11) is 1.67. The van der Waals surface area contributed by atoms with Crippen molar-refractivity contribution in [2.75, 3.05) is 7.11 Å². The Balaban J connectivity index is 1.21. The highest BCUT2D eigenvalue weighted by Gasteiger charge is 2.59. The number of hydrogen-bond donors (Lipinski definition) is 0. The second-order valence-electron chi connectivity index (χ2n) is 17.7. The van der Waals surface area contributed by atoms with E-state index in [4.69, 9.17) is 14.2 Å². The van der Waals surface area contributed by atoms with E-state index in [2.05, 4.69) is 43.0 Å². The molecule has 0 radical (unpaired) electrons. The molecule has 6 atom stereocenters. The van der Waals surface area contributed by atoms with Crippen LogP contribution in [0.4, 0.5) is 0 Å². The first kappa shape index (κ1) is 40.9. The third-order valence-corrected chi connectivity index (χ3v) is 13.9. The quantitative estimate of drug-likeness (QED) is 0.156. The number of carbonyl (C=O) groups excluding carboxylic acids is 4. The van der Waals surface area contributed by atoms with Crippen molar-refractivity contribution in [3.63, 3.8) is 0 Å². The lowest BCUT2D eigenvalue weighted by Crippen LogP contribution is -2.33. The molecule has 7 nitrogen and oxygen atoms in total. The number of carbonyl (C=O) groups is 4. The summed E-state index contributed by atoms with van der Waals surface area (Å²) in [4.78, 5) is 55.0. The van der Waals surface area contributed by atoms with Crippen molar-refractivity contribution in [3.05, 3.63) is 77.6 Å². The number of ether oxygens (including phenoxy) is 3. The van der Waals surface area contributed by atoms with Gasteiger partial charge >= 0.3 is 0 Å². The largest absolute Gasteiger partial charge is 0.496 e. The molecule has 5 aliphatic carbocycles. The van der Waals surface area contributed by atoms with Crippen molar-refractivity contribution in [1.82, 2.24) is 0 Å². The van der Waals surface area contributed by atoms with Crippen molar-refractivity contribution in [3.8, 4) is 11.5 Å². The van der Waals surface area contributed by atoms with Crippen LogP contribution in [0.15, 0.2) is 66.5 Å². The summed E-state index contributed by atoms with van der Waals surface area (Å²) >= 11 is 0. The van der Waals surface area contributed by atoms with Crippen LogP contribution in [0.2, 0.25) is 0 Å². The third-order valence-electron chi connectivity index (χ3n) is 13.9. The summed E-state index contributed by atoms with van der Waals surface area (Å²) in [5.74, 6) is 1.32. The maximum absolute atomic E-state index is 14.9. The predicted octanol–water partition coefficient (Wildman–Crippen LogP) is 11.1. The van der Waals surface area contributed by atoms with Crippen molar-refractivity contribution in [2.24, 2.45) is 29.1 Å². The van der Waals surface area contributed by atoms with Gasteiger partial charge in [0.1, 0.15) is 40.7 Å². The minimum atomic E-state index is -0.673. The van der Waals surface area contributed by atoms with Gasteiger partial charge in [-0.1, -0.05) is 56.2 Å². The summed E-state index contributed by atoms with van der Waals surface area (Å²) in [6.45, 7) is 9.87. The number of Topliss-reactive ketones (excluding diaryl/α,β-unsaturated/α-hetero) is 4. The molecule has 0 bridgehead atoms. The van der Waals surface area contributed by atoms with E-state index in [0.717, 1.165) is 103 Å². The molecule has 57 heavy (non-hydrogen) atoms. The SMILES string of the molecule is C=C(CC1CCCCC/C=C\C2CC2(C(C)=O)CC(=O)C2CC(Oc3cc(C4=CCC(CC(=O)CC)=C4)cc4c(C)c(OC)ccc34)CC2C1=O)OC1CCCC1. The van der Waals surface area contributed by atoms with Crippen LogP contribution in [-0.4, -0.2) is 42.5 Å². The lowest BCUT2D eigenvalue weighted by atomic mass is 9.77. The van der Waals surface area contributed by atoms with E-state index >= 15 is 0 Å².